The lowest BCUT2D eigenvalue weighted by molar-refractivity contribution is -0.126. The number of rotatable bonds is 9. The van der Waals surface area contributed by atoms with Crippen LogP contribution >= 0.6 is 46.5 Å². The van der Waals surface area contributed by atoms with Gasteiger partial charge in [0.2, 0.25) is 5.91 Å². The van der Waals surface area contributed by atoms with Crippen LogP contribution in [0.1, 0.15) is 59.9 Å². The van der Waals surface area contributed by atoms with Gasteiger partial charge in [0.25, 0.3) is 5.91 Å². The van der Waals surface area contributed by atoms with Gasteiger partial charge in [-0.2, -0.15) is 0 Å². The van der Waals surface area contributed by atoms with Gasteiger partial charge in [-0.05, 0) is 69.4 Å². The van der Waals surface area contributed by atoms with Gasteiger partial charge in [-0.1, -0.05) is 55.2 Å². The Morgan fingerprint density at radius 3 is 2.41 bits per heavy atom. The zero-order valence-corrected chi connectivity index (χ0v) is 30.1. The fourth-order valence-electron chi connectivity index (χ4n) is 4.99. The molecule has 3 amide bonds. The Balaban J connectivity index is 1.47. The monoisotopic (exact) mass is 705 g/mol. The number of hydrogen-bond acceptors (Lipinski definition) is 9. The maximum absolute atomic E-state index is 13.4. The highest BCUT2D eigenvalue weighted by atomic mass is 35.5. The van der Waals surface area contributed by atoms with Gasteiger partial charge in [0.15, 0.2) is 4.34 Å². The van der Waals surface area contributed by atoms with Crippen LogP contribution in [0.15, 0.2) is 52.2 Å². The number of benzene rings is 2. The topological polar surface area (TPSA) is 109 Å². The van der Waals surface area contributed by atoms with Crippen molar-refractivity contribution in [3.05, 3.63) is 63.5 Å². The lowest BCUT2D eigenvalue weighted by atomic mass is 10.0. The number of likely N-dealkylation sites (tertiary alicyclic amines) is 1. The number of thiazole rings is 1. The van der Waals surface area contributed by atoms with Crippen molar-refractivity contribution in [1.29, 1.82) is 0 Å². The van der Waals surface area contributed by atoms with Crippen LogP contribution in [-0.4, -0.2) is 62.9 Å². The van der Waals surface area contributed by atoms with E-state index in [9.17, 15) is 14.4 Å². The molecular formula is C33H41Cl2N5O4S2. The van der Waals surface area contributed by atoms with E-state index in [1.807, 2.05) is 47.8 Å². The second kappa shape index (κ2) is 15.5. The molecule has 13 heteroatoms. The number of nitrogens with zero attached hydrogens (tertiary/aromatic N) is 4. The van der Waals surface area contributed by atoms with E-state index in [1.165, 1.54) is 23.3 Å². The van der Waals surface area contributed by atoms with Crippen molar-refractivity contribution in [3.63, 3.8) is 0 Å². The van der Waals surface area contributed by atoms with Crippen LogP contribution in [0.3, 0.4) is 0 Å². The smallest absolute Gasteiger partial charge is 0.421 e. The second-order valence-electron chi connectivity index (χ2n) is 12.7. The van der Waals surface area contributed by atoms with E-state index in [-0.39, 0.29) is 17.9 Å². The first-order valence-electron chi connectivity index (χ1n) is 15.2. The lowest BCUT2D eigenvalue weighted by Crippen LogP contribution is -2.50. The molecule has 1 aromatic heterocycles. The predicted molar refractivity (Wildman–Crippen MR) is 187 cm³/mol. The van der Waals surface area contributed by atoms with Gasteiger partial charge < -0.3 is 10.5 Å². The lowest BCUT2D eigenvalue weighted by Gasteiger charge is -2.37. The summed E-state index contributed by atoms with van der Waals surface area (Å²) in [6.07, 6.45) is 0.878. The number of carbonyl (C=O) groups is 3. The Bertz CT molecular complexity index is 1550. The standard InChI is InChI=1S/C33H41Cl2N5O4S2/c1-20(2)29(36)30(42)39(32(43)44-33(4,5)6)25-9-7-8-23(17-25)28-19-45-31(37-28)46-40(21(3)41)24-12-14-38(15-13-24)18-22-10-11-26(34)27(35)16-22/h7-11,16-17,19-20,24,29H,12-15,18,36H2,1-6H3/t29-/m0/s1. The molecule has 1 aliphatic heterocycles. The highest BCUT2D eigenvalue weighted by molar-refractivity contribution is 7.99. The number of anilines is 1. The number of halogens is 2. The van der Waals surface area contributed by atoms with Gasteiger partial charge in [0.1, 0.15) is 5.60 Å². The second-order valence-corrected chi connectivity index (χ2v) is 15.6. The third kappa shape index (κ3) is 9.45. The number of aromatic nitrogens is 1. The minimum absolute atomic E-state index is 0.0281. The molecule has 2 heterocycles. The third-order valence-corrected chi connectivity index (χ3v) is 10.3. The van der Waals surface area contributed by atoms with Gasteiger partial charge in [-0.15, -0.1) is 11.3 Å². The summed E-state index contributed by atoms with van der Waals surface area (Å²) in [6.45, 7) is 12.9. The molecule has 0 spiro atoms. The first-order chi connectivity index (χ1) is 21.6. The molecule has 0 aliphatic carbocycles. The molecule has 0 radical (unpaired) electrons. The van der Waals surface area contributed by atoms with Crippen LogP contribution in [0.2, 0.25) is 10.0 Å². The van der Waals surface area contributed by atoms with Crippen molar-refractivity contribution < 1.29 is 19.1 Å². The highest BCUT2D eigenvalue weighted by Crippen LogP contribution is 2.35. The average molecular weight is 707 g/mol. The van der Waals surface area contributed by atoms with Crippen molar-refractivity contribution in [2.45, 2.75) is 83.0 Å². The number of carbonyl (C=O) groups excluding carboxylic acids is 3. The van der Waals surface area contributed by atoms with Crippen molar-refractivity contribution in [2.75, 3.05) is 18.0 Å². The van der Waals surface area contributed by atoms with E-state index in [2.05, 4.69) is 4.90 Å². The van der Waals surface area contributed by atoms with E-state index < -0.39 is 23.6 Å². The maximum Gasteiger partial charge on any atom is 0.421 e. The molecule has 0 unspecified atom stereocenters. The van der Waals surface area contributed by atoms with E-state index in [1.54, 1.807) is 45.9 Å². The number of nitrogens with two attached hydrogens (primary N) is 1. The average Bonchev–Trinajstić information content (AvgIpc) is 3.46. The Hall–Kier alpha value is -2.67. The number of hydrogen-bond donors (Lipinski definition) is 1. The minimum atomic E-state index is -0.890. The van der Waals surface area contributed by atoms with Gasteiger partial charge >= 0.3 is 6.09 Å². The van der Waals surface area contributed by atoms with Crippen molar-refractivity contribution in [1.82, 2.24) is 14.2 Å². The zero-order valence-electron chi connectivity index (χ0n) is 27.0. The van der Waals surface area contributed by atoms with Crippen molar-refractivity contribution in [3.8, 4) is 11.3 Å². The molecule has 4 rings (SSSR count). The number of ether oxygens (including phenoxy) is 1. The van der Waals surface area contributed by atoms with Gasteiger partial charge in [0.05, 0.1) is 27.5 Å². The first-order valence-corrected chi connectivity index (χ1v) is 17.6. The van der Waals surface area contributed by atoms with Crippen molar-refractivity contribution in [2.24, 2.45) is 11.7 Å². The van der Waals surface area contributed by atoms with Gasteiger partial charge in [0, 0.05) is 55.5 Å². The molecule has 1 aliphatic rings. The summed E-state index contributed by atoms with van der Waals surface area (Å²) in [4.78, 5) is 47.5. The Kier molecular flexibility index (Phi) is 12.2. The molecule has 46 heavy (non-hydrogen) atoms. The summed E-state index contributed by atoms with van der Waals surface area (Å²) >= 11 is 15.0. The number of piperidine rings is 1. The minimum Gasteiger partial charge on any atom is -0.443 e. The van der Waals surface area contributed by atoms with Gasteiger partial charge in [-0.25, -0.2) is 14.7 Å². The first kappa shape index (κ1) is 36.2. The van der Waals surface area contributed by atoms with Gasteiger partial charge in [-0.3, -0.25) is 18.8 Å². The summed E-state index contributed by atoms with van der Waals surface area (Å²) in [5.41, 5.74) is 8.20. The van der Waals surface area contributed by atoms with E-state index >= 15 is 0 Å². The SMILES string of the molecule is CC(=O)N(Sc1nc(-c2cccc(N(C(=O)OC(C)(C)C)C(=O)[C@@H](N)C(C)C)c2)cs1)C1CCN(Cc2ccc(Cl)c(Cl)c2)CC1. The Morgan fingerprint density at radius 1 is 1.11 bits per heavy atom. The van der Waals surface area contributed by atoms with Crippen LogP contribution in [0.5, 0.6) is 0 Å². The summed E-state index contributed by atoms with van der Waals surface area (Å²) in [5, 5.41) is 2.99. The maximum atomic E-state index is 13.4. The summed E-state index contributed by atoms with van der Waals surface area (Å²) < 4.78 is 8.11. The molecular weight excluding hydrogens is 665 g/mol. The van der Waals surface area contributed by atoms with Crippen LogP contribution < -0.4 is 10.6 Å². The fourth-order valence-corrected chi connectivity index (χ4v) is 7.21. The number of imide groups is 1. The van der Waals surface area contributed by atoms with E-state index in [0.717, 1.165) is 47.3 Å². The van der Waals surface area contributed by atoms with Crippen LogP contribution in [-0.2, 0) is 20.9 Å². The fraction of sp³-hybridized carbons (Fsp3) is 0.455. The molecule has 2 aromatic carbocycles. The molecule has 1 atom stereocenters. The molecule has 9 nitrogen and oxygen atoms in total. The molecule has 2 N–H and O–H groups in total. The predicted octanol–water partition coefficient (Wildman–Crippen LogP) is 7.89. The third-order valence-electron chi connectivity index (χ3n) is 7.45. The highest BCUT2D eigenvalue weighted by Gasteiger charge is 2.34. The largest absolute Gasteiger partial charge is 0.443 e. The normalized spacial score (nSPS) is 15.1. The Labute approximate surface area is 289 Å². The van der Waals surface area contributed by atoms with E-state index in [4.69, 9.17) is 38.7 Å². The van der Waals surface area contributed by atoms with Crippen LogP contribution in [0, 0.1) is 5.92 Å². The quantitative estimate of drug-likeness (QED) is 0.224. The van der Waals surface area contributed by atoms with Crippen molar-refractivity contribution >= 4 is 70.1 Å². The molecule has 1 saturated heterocycles. The summed E-state index contributed by atoms with van der Waals surface area (Å²) in [7, 11) is 0. The van der Waals surface area contributed by atoms with E-state index in [0.29, 0.717) is 27.0 Å². The molecule has 0 saturated carbocycles. The summed E-state index contributed by atoms with van der Waals surface area (Å²) in [6, 6.07) is 11.9. The number of amides is 3. The molecule has 248 valence electrons. The van der Waals surface area contributed by atoms with Crippen LogP contribution in [0.25, 0.3) is 11.3 Å². The molecule has 0 bridgehead atoms. The molecule has 3 aromatic rings. The summed E-state index contributed by atoms with van der Waals surface area (Å²) in [5.74, 6) is -0.756. The van der Waals surface area contributed by atoms with Crippen LogP contribution in [0.4, 0.5) is 10.5 Å². The Morgan fingerprint density at radius 2 is 1.80 bits per heavy atom. The molecule has 1 fully saturated rings. The zero-order chi connectivity index (χ0) is 33.8.